The fourth-order valence-electron chi connectivity index (χ4n) is 2.01. The predicted molar refractivity (Wildman–Crippen MR) is 91.4 cm³/mol. The Labute approximate surface area is 157 Å². The molecule has 0 heterocycles. The monoisotopic (exact) mass is 407 g/mol. The van der Waals surface area contributed by atoms with E-state index in [9.17, 15) is 23.1 Å². The number of alkyl halides is 3. The summed E-state index contributed by atoms with van der Waals surface area (Å²) in [5.74, 6) is -0.253. The molecule has 2 rings (SSSR count). The molecule has 0 radical (unpaired) electrons. The fourth-order valence-corrected chi connectivity index (χ4v) is 2.47. The molecule has 1 amide bonds. The van der Waals surface area contributed by atoms with Gasteiger partial charge in [-0.3, -0.25) is 4.79 Å². The molecule has 1 atom stereocenters. The number of benzene rings is 2. The van der Waals surface area contributed by atoms with Gasteiger partial charge in [-0.15, -0.1) is 0 Å². The van der Waals surface area contributed by atoms with Gasteiger partial charge in [0.1, 0.15) is 5.75 Å². The van der Waals surface area contributed by atoms with Crippen LogP contribution in [0, 0.1) is 0 Å². The summed E-state index contributed by atoms with van der Waals surface area (Å²) < 4.78 is 42.7. The van der Waals surface area contributed by atoms with Crippen molar-refractivity contribution in [2.24, 2.45) is 0 Å². The lowest BCUT2D eigenvalue weighted by atomic mass is 10.1. The quantitative estimate of drug-likeness (QED) is 0.752. The first-order valence-corrected chi connectivity index (χ1v) is 8.12. The number of hydrogen-bond donors (Lipinski definition) is 2. The van der Waals surface area contributed by atoms with Crippen LogP contribution in [-0.2, 0) is 11.0 Å². The second-order valence-corrected chi connectivity index (χ2v) is 6.15. The Balaban J connectivity index is 1.83. The molecule has 1 unspecified atom stereocenters. The van der Waals surface area contributed by atoms with E-state index >= 15 is 0 Å². The molecule has 2 aromatic rings. The number of ether oxygens (including phenoxy) is 1. The number of aliphatic hydroxyl groups is 1. The van der Waals surface area contributed by atoms with Gasteiger partial charge >= 0.3 is 6.18 Å². The van der Waals surface area contributed by atoms with Crippen molar-refractivity contribution in [1.29, 1.82) is 0 Å². The topological polar surface area (TPSA) is 58.6 Å². The summed E-state index contributed by atoms with van der Waals surface area (Å²) in [6.45, 7) is -0.525. The molecule has 9 heteroatoms. The van der Waals surface area contributed by atoms with E-state index in [-0.39, 0.29) is 29.5 Å². The summed E-state index contributed by atoms with van der Waals surface area (Å²) in [7, 11) is 0. The van der Waals surface area contributed by atoms with Gasteiger partial charge in [0.2, 0.25) is 0 Å². The van der Waals surface area contributed by atoms with Crippen LogP contribution in [0.4, 0.5) is 13.2 Å². The Morgan fingerprint density at radius 2 is 1.81 bits per heavy atom. The molecule has 0 fully saturated rings. The average molecular weight is 408 g/mol. The molecule has 0 saturated heterocycles. The lowest BCUT2D eigenvalue weighted by Gasteiger charge is -2.14. The highest BCUT2D eigenvalue weighted by atomic mass is 35.5. The predicted octanol–water partition coefficient (Wildman–Crippen LogP) is 4.24. The third-order valence-corrected chi connectivity index (χ3v) is 3.90. The maximum atomic E-state index is 12.5. The third kappa shape index (κ3) is 5.79. The lowest BCUT2D eigenvalue weighted by molar-refractivity contribution is -0.137. The van der Waals surface area contributed by atoms with E-state index in [0.717, 1.165) is 24.3 Å². The van der Waals surface area contributed by atoms with E-state index in [1.54, 1.807) is 6.07 Å². The molecule has 0 saturated carbocycles. The van der Waals surface area contributed by atoms with Crippen LogP contribution in [0.25, 0.3) is 0 Å². The summed E-state index contributed by atoms with van der Waals surface area (Å²) in [6.07, 6.45) is -5.60. The van der Waals surface area contributed by atoms with Gasteiger partial charge in [0.25, 0.3) is 5.91 Å². The lowest BCUT2D eigenvalue weighted by Crippen LogP contribution is -2.32. The van der Waals surface area contributed by atoms with Crippen LogP contribution in [0.1, 0.15) is 17.2 Å². The van der Waals surface area contributed by atoms with Crippen LogP contribution in [-0.4, -0.2) is 24.2 Å². The first-order valence-electron chi connectivity index (χ1n) is 7.36. The van der Waals surface area contributed by atoms with Crippen molar-refractivity contribution >= 4 is 29.1 Å². The molecule has 0 spiro atoms. The van der Waals surface area contributed by atoms with Gasteiger partial charge in [-0.2, -0.15) is 13.2 Å². The molecule has 0 bridgehead atoms. The molecule has 26 heavy (non-hydrogen) atoms. The highest BCUT2D eigenvalue weighted by Crippen LogP contribution is 2.30. The van der Waals surface area contributed by atoms with Crippen molar-refractivity contribution in [2.45, 2.75) is 12.3 Å². The van der Waals surface area contributed by atoms with Crippen LogP contribution in [0.3, 0.4) is 0 Å². The van der Waals surface area contributed by atoms with Gasteiger partial charge in [0.15, 0.2) is 6.61 Å². The van der Waals surface area contributed by atoms with Crippen LogP contribution < -0.4 is 10.1 Å². The minimum atomic E-state index is -4.45. The standard InChI is InChI=1S/C17H14Cl2F3NO3/c18-12-5-6-15(13(19)7-12)26-9-16(25)23-8-14(24)10-1-3-11(4-2-10)17(20,21)22/h1-7,14,24H,8-9H2,(H,23,25). The van der Waals surface area contributed by atoms with Gasteiger partial charge in [0, 0.05) is 11.6 Å². The minimum Gasteiger partial charge on any atom is -0.482 e. The molecule has 0 aliphatic rings. The molecule has 2 aromatic carbocycles. The summed E-state index contributed by atoms with van der Waals surface area (Å²) in [4.78, 5) is 11.8. The van der Waals surface area contributed by atoms with Crippen LogP contribution >= 0.6 is 23.2 Å². The Bertz CT molecular complexity index is 767. The molecule has 0 aromatic heterocycles. The number of hydrogen-bond acceptors (Lipinski definition) is 3. The van der Waals surface area contributed by atoms with Crippen molar-refractivity contribution in [3.8, 4) is 5.75 Å². The highest BCUT2D eigenvalue weighted by molar-refractivity contribution is 6.35. The van der Waals surface area contributed by atoms with Gasteiger partial charge < -0.3 is 15.2 Å². The molecule has 0 aliphatic heterocycles. The summed E-state index contributed by atoms with van der Waals surface area (Å²) in [5, 5.41) is 13.0. The zero-order chi connectivity index (χ0) is 19.3. The second kappa shape index (κ2) is 8.62. The van der Waals surface area contributed by atoms with Crippen molar-refractivity contribution in [3.05, 3.63) is 63.6 Å². The molecule has 2 N–H and O–H groups in total. The van der Waals surface area contributed by atoms with Crippen LogP contribution in [0.5, 0.6) is 5.75 Å². The van der Waals surface area contributed by atoms with Gasteiger partial charge in [-0.05, 0) is 35.9 Å². The van der Waals surface area contributed by atoms with Crippen molar-refractivity contribution in [1.82, 2.24) is 5.32 Å². The smallest absolute Gasteiger partial charge is 0.416 e. The number of carbonyl (C=O) groups is 1. The summed E-state index contributed by atoms with van der Waals surface area (Å²) in [6, 6.07) is 8.57. The highest BCUT2D eigenvalue weighted by Gasteiger charge is 2.30. The van der Waals surface area contributed by atoms with Gasteiger partial charge in [-0.1, -0.05) is 35.3 Å². The van der Waals surface area contributed by atoms with Crippen molar-refractivity contribution < 1.29 is 27.8 Å². The Kier molecular flexibility index (Phi) is 6.75. The van der Waals surface area contributed by atoms with Crippen LogP contribution in [0.2, 0.25) is 10.0 Å². The zero-order valence-electron chi connectivity index (χ0n) is 13.2. The Morgan fingerprint density at radius 1 is 1.15 bits per heavy atom. The van der Waals surface area contributed by atoms with Gasteiger partial charge in [-0.25, -0.2) is 0 Å². The van der Waals surface area contributed by atoms with Gasteiger partial charge in [0.05, 0.1) is 16.7 Å². The number of amides is 1. The van der Waals surface area contributed by atoms with E-state index in [0.29, 0.717) is 5.02 Å². The van der Waals surface area contributed by atoms with Crippen molar-refractivity contribution in [3.63, 3.8) is 0 Å². The summed E-state index contributed by atoms with van der Waals surface area (Å²) >= 11 is 11.7. The SMILES string of the molecule is O=C(COc1ccc(Cl)cc1Cl)NCC(O)c1ccc(C(F)(F)F)cc1. The number of aliphatic hydroxyl groups excluding tert-OH is 1. The van der Waals surface area contributed by atoms with E-state index in [1.165, 1.54) is 12.1 Å². The largest absolute Gasteiger partial charge is 0.482 e. The second-order valence-electron chi connectivity index (χ2n) is 5.30. The van der Waals surface area contributed by atoms with E-state index < -0.39 is 23.8 Å². The third-order valence-electron chi connectivity index (χ3n) is 3.37. The van der Waals surface area contributed by atoms with Crippen LogP contribution in [0.15, 0.2) is 42.5 Å². The average Bonchev–Trinajstić information content (AvgIpc) is 2.58. The van der Waals surface area contributed by atoms with E-state index in [4.69, 9.17) is 27.9 Å². The molecular formula is C17H14Cl2F3NO3. The van der Waals surface area contributed by atoms with E-state index in [2.05, 4.69) is 5.32 Å². The number of halogens is 5. The van der Waals surface area contributed by atoms with E-state index in [1.807, 2.05) is 0 Å². The first kappa shape index (κ1) is 20.4. The maximum absolute atomic E-state index is 12.5. The molecule has 140 valence electrons. The minimum absolute atomic E-state index is 0.179. The molecular weight excluding hydrogens is 394 g/mol. The maximum Gasteiger partial charge on any atom is 0.416 e. The number of carbonyl (C=O) groups excluding carboxylic acids is 1. The van der Waals surface area contributed by atoms with Crippen molar-refractivity contribution in [2.75, 3.05) is 13.2 Å². The fraction of sp³-hybridized carbons (Fsp3) is 0.235. The number of nitrogens with one attached hydrogen (secondary N) is 1. The Morgan fingerprint density at radius 3 is 2.38 bits per heavy atom. The number of rotatable bonds is 6. The first-order chi connectivity index (χ1) is 12.2. The molecule has 4 nitrogen and oxygen atoms in total. The zero-order valence-corrected chi connectivity index (χ0v) is 14.7. The normalized spacial score (nSPS) is 12.5. The Hall–Kier alpha value is -1.96. The summed E-state index contributed by atoms with van der Waals surface area (Å²) in [5.41, 5.74) is -0.564. The molecule has 0 aliphatic carbocycles.